The number of β-amino-alcohol motifs (C(OH)–C–C–N with tert-alkyl or cyclic N) is 1. The molecule has 2 aliphatic rings. The highest BCUT2D eigenvalue weighted by molar-refractivity contribution is 6.09. The smallest absolute Gasteiger partial charge is 0.390 e. The zero-order valence-corrected chi connectivity index (χ0v) is 22.7. The van der Waals surface area contributed by atoms with Gasteiger partial charge in [0.1, 0.15) is 23.3 Å². The van der Waals surface area contributed by atoms with Crippen molar-refractivity contribution in [3.05, 3.63) is 106 Å². The van der Waals surface area contributed by atoms with Gasteiger partial charge in [-0.3, -0.25) is 9.69 Å². The maximum atomic E-state index is 14.0. The number of piperidine rings is 1. The number of nitrogens with zero attached hydrogens (tertiary/aromatic N) is 3. The van der Waals surface area contributed by atoms with Crippen LogP contribution in [0, 0.1) is 17.5 Å². The van der Waals surface area contributed by atoms with Crippen molar-refractivity contribution < 1.29 is 36.2 Å². The third-order valence-electron chi connectivity index (χ3n) is 8.01. The lowest BCUT2D eigenvalue weighted by Crippen LogP contribution is -2.47. The van der Waals surface area contributed by atoms with E-state index in [0.717, 1.165) is 6.07 Å². The molecule has 1 N–H and O–H groups in total. The molecular formula is C31H29F6N3O2. The van der Waals surface area contributed by atoms with Crippen molar-refractivity contribution in [1.82, 2.24) is 9.80 Å². The van der Waals surface area contributed by atoms with Crippen LogP contribution in [0.15, 0.2) is 71.7 Å². The van der Waals surface area contributed by atoms with Gasteiger partial charge in [0, 0.05) is 6.54 Å². The lowest BCUT2D eigenvalue weighted by molar-refractivity contribution is -0.138. The van der Waals surface area contributed by atoms with Gasteiger partial charge in [-0.25, -0.2) is 18.2 Å². The second kappa shape index (κ2) is 11.5. The fraction of sp³-hybridized carbons (Fsp3) is 0.355. The van der Waals surface area contributed by atoms with Gasteiger partial charge in [-0.1, -0.05) is 30.3 Å². The SMILES string of the molecule is CC1=NC(c2ccc(F)cc2)(c2ccc(F)cc2)C(=O)N1CC(O)CN1CCC(c2ccc(F)cc2C(F)(F)F)CC1. The van der Waals surface area contributed by atoms with Crippen molar-refractivity contribution in [2.75, 3.05) is 26.2 Å². The standard InChI is InChI=1S/C31H29F6N3O2/c1-19-38-30(21-2-6-23(32)7-3-21,22-4-8-24(33)9-5-22)29(42)40(19)18-26(41)17-39-14-12-20(13-15-39)27-11-10-25(34)16-28(27)31(35,36)37/h2-11,16,20,26,41H,12-15,17-18H2,1H3. The molecule has 11 heteroatoms. The van der Waals surface area contributed by atoms with Gasteiger partial charge in [0.15, 0.2) is 5.54 Å². The first kappa shape index (κ1) is 29.8. The van der Waals surface area contributed by atoms with Crippen LogP contribution < -0.4 is 0 Å². The van der Waals surface area contributed by atoms with Crippen LogP contribution in [-0.4, -0.2) is 58.9 Å². The molecule has 1 atom stereocenters. The third-order valence-corrected chi connectivity index (χ3v) is 8.01. The summed E-state index contributed by atoms with van der Waals surface area (Å²) in [6.45, 7) is 2.50. The Hall–Kier alpha value is -3.70. The third kappa shape index (κ3) is 5.80. The molecule has 0 spiro atoms. The summed E-state index contributed by atoms with van der Waals surface area (Å²) in [6, 6.07) is 13.4. The molecule has 42 heavy (non-hydrogen) atoms. The van der Waals surface area contributed by atoms with E-state index in [0.29, 0.717) is 49.0 Å². The summed E-state index contributed by atoms with van der Waals surface area (Å²) in [4.78, 5) is 21.9. The Kier molecular flexibility index (Phi) is 8.17. The molecule has 5 rings (SSSR count). The summed E-state index contributed by atoms with van der Waals surface area (Å²) >= 11 is 0. The largest absolute Gasteiger partial charge is 0.416 e. The average Bonchev–Trinajstić information content (AvgIpc) is 3.19. The maximum Gasteiger partial charge on any atom is 0.416 e. The molecule has 0 bridgehead atoms. The first-order valence-electron chi connectivity index (χ1n) is 13.6. The van der Waals surface area contributed by atoms with E-state index in [9.17, 15) is 36.2 Å². The number of rotatable bonds is 7. The summed E-state index contributed by atoms with van der Waals surface area (Å²) in [6.07, 6.45) is -4.89. The number of hydrogen-bond donors (Lipinski definition) is 1. The Morgan fingerprint density at radius 2 is 1.40 bits per heavy atom. The summed E-state index contributed by atoms with van der Waals surface area (Å²) in [5, 5.41) is 11.0. The van der Waals surface area contributed by atoms with Gasteiger partial charge in [-0.15, -0.1) is 0 Å². The second-order valence-corrected chi connectivity index (χ2v) is 10.8. The number of amides is 1. The van der Waals surface area contributed by atoms with Crippen LogP contribution in [-0.2, 0) is 16.5 Å². The van der Waals surface area contributed by atoms with Gasteiger partial charge < -0.3 is 10.0 Å². The number of halogens is 6. The van der Waals surface area contributed by atoms with Crippen LogP contribution in [0.4, 0.5) is 26.3 Å². The van der Waals surface area contributed by atoms with Crippen molar-refractivity contribution in [2.45, 2.75) is 43.5 Å². The van der Waals surface area contributed by atoms with E-state index >= 15 is 0 Å². The van der Waals surface area contributed by atoms with Crippen molar-refractivity contribution in [1.29, 1.82) is 0 Å². The Bertz CT molecular complexity index is 1420. The number of alkyl halides is 3. The quantitative estimate of drug-likeness (QED) is 0.351. The van der Waals surface area contributed by atoms with Crippen LogP contribution in [0.1, 0.15) is 47.9 Å². The molecule has 3 aromatic rings. The summed E-state index contributed by atoms with van der Waals surface area (Å²) < 4.78 is 81.5. The molecule has 5 nitrogen and oxygen atoms in total. The first-order valence-corrected chi connectivity index (χ1v) is 13.6. The van der Waals surface area contributed by atoms with Gasteiger partial charge in [0.05, 0.1) is 18.2 Å². The fourth-order valence-electron chi connectivity index (χ4n) is 5.96. The van der Waals surface area contributed by atoms with E-state index in [2.05, 4.69) is 4.99 Å². The maximum absolute atomic E-state index is 14.0. The highest BCUT2D eigenvalue weighted by Crippen LogP contribution is 2.41. The molecule has 0 aliphatic carbocycles. The number of carbonyl (C=O) groups is 1. The number of aliphatic imine (C=N–C) groups is 1. The van der Waals surface area contributed by atoms with Crippen LogP contribution in [0.5, 0.6) is 0 Å². The fourth-order valence-corrected chi connectivity index (χ4v) is 5.96. The Morgan fingerprint density at radius 3 is 1.93 bits per heavy atom. The van der Waals surface area contributed by atoms with Crippen molar-refractivity contribution >= 4 is 11.7 Å². The Balaban J connectivity index is 1.28. The van der Waals surface area contributed by atoms with Crippen LogP contribution in [0.25, 0.3) is 0 Å². The topological polar surface area (TPSA) is 56.1 Å². The number of hydrogen-bond acceptors (Lipinski definition) is 4. The zero-order chi connectivity index (χ0) is 30.2. The highest BCUT2D eigenvalue weighted by Gasteiger charge is 2.50. The van der Waals surface area contributed by atoms with E-state index in [-0.39, 0.29) is 18.7 Å². The number of aliphatic hydroxyl groups is 1. The van der Waals surface area contributed by atoms with Gasteiger partial charge in [0.25, 0.3) is 5.91 Å². The molecule has 1 amide bonds. The Labute approximate surface area is 239 Å². The minimum absolute atomic E-state index is 0.0662. The molecule has 2 aliphatic heterocycles. The molecule has 0 radical (unpaired) electrons. The van der Waals surface area contributed by atoms with Crippen LogP contribution >= 0.6 is 0 Å². The van der Waals surface area contributed by atoms with Gasteiger partial charge in [-0.05, 0) is 91.9 Å². The minimum Gasteiger partial charge on any atom is -0.390 e. The number of aliphatic hydroxyl groups excluding tert-OH is 1. The van der Waals surface area contributed by atoms with Gasteiger partial charge in [-0.2, -0.15) is 13.2 Å². The van der Waals surface area contributed by atoms with Gasteiger partial charge in [0.2, 0.25) is 0 Å². The predicted octanol–water partition coefficient (Wildman–Crippen LogP) is 5.87. The van der Waals surface area contributed by atoms with E-state index < -0.39 is 52.7 Å². The molecule has 0 saturated carbocycles. The average molecular weight is 590 g/mol. The lowest BCUT2D eigenvalue weighted by atomic mass is 9.82. The molecule has 2 heterocycles. The Morgan fingerprint density at radius 1 is 0.881 bits per heavy atom. The monoisotopic (exact) mass is 589 g/mol. The zero-order valence-electron chi connectivity index (χ0n) is 22.7. The van der Waals surface area contributed by atoms with Gasteiger partial charge >= 0.3 is 6.18 Å². The molecule has 0 aromatic heterocycles. The van der Waals surface area contributed by atoms with E-state index in [1.165, 1.54) is 59.5 Å². The summed E-state index contributed by atoms with van der Waals surface area (Å²) in [5.41, 5.74) is -1.71. The number of benzene rings is 3. The summed E-state index contributed by atoms with van der Waals surface area (Å²) in [7, 11) is 0. The molecule has 1 fully saturated rings. The normalized spacial score (nSPS) is 18.8. The van der Waals surface area contributed by atoms with Crippen molar-refractivity contribution in [3.63, 3.8) is 0 Å². The minimum atomic E-state index is -4.66. The van der Waals surface area contributed by atoms with E-state index in [1.54, 1.807) is 6.92 Å². The lowest BCUT2D eigenvalue weighted by Gasteiger charge is -2.35. The number of carbonyl (C=O) groups excluding carboxylic acids is 1. The molecular weight excluding hydrogens is 560 g/mol. The summed E-state index contributed by atoms with van der Waals surface area (Å²) in [5.74, 6) is -2.50. The molecule has 3 aromatic carbocycles. The van der Waals surface area contributed by atoms with E-state index in [1.807, 2.05) is 4.90 Å². The number of amidine groups is 1. The second-order valence-electron chi connectivity index (χ2n) is 10.8. The number of likely N-dealkylation sites (tertiary alicyclic amines) is 1. The van der Waals surface area contributed by atoms with Crippen molar-refractivity contribution in [2.24, 2.45) is 4.99 Å². The molecule has 222 valence electrons. The van der Waals surface area contributed by atoms with Crippen LogP contribution in [0.3, 0.4) is 0 Å². The van der Waals surface area contributed by atoms with Crippen molar-refractivity contribution in [3.8, 4) is 0 Å². The highest BCUT2D eigenvalue weighted by atomic mass is 19.4. The molecule has 1 unspecified atom stereocenters. The first-order chi connectivity index (χ1) is 19.9. The van der Waals surface area contributed by atoms with Crippen LogP contribution in [0.2, 0.25) is 0 Å². The molecule has 1 saturated heterocycles. The van der Waals surface area contributed by atoms with E-state index in [4.69, 9.17) is 0 Å². The predicted molar refractivity (Wildman–Crippen MR) is 144 cm³/mol.